The summed E-state index contributed by atoms with van der Waals surface area (Å²) in [6, 6.07) is 4.14. The Morgan fingerprint density at radius 3 is 2.91 bits per heavy atom. The number of pyridine rings is 1. The lowest BCUT2D eigenvalue weighted by molar-refractivity contribution is 0.559. The van der Waals surface area contributed by atoms with Gasteiger partial charge in [-0.25, -0.2) is 0 Å². The van der Waals surface area contributed by atoms with Gasteiger partial charge in [0.25, 0.3) is 0 Å². The molecule has 1 unspecified atom stereocenters. The smallest absolute Gasteiger partial charge is 0.0299 e. The zero-order chi connectivity index (χ0) is 8.10. The minimum absolute atomic E-state index is 0.777. The predicted octanol–water partition coefficient (Wildman–Crippen LogP) is 2.67. The molecule has 1 rings (SSSR count). The van der Waals surface area contributed by atoms with E-state index in [0.717, 1.165) is 12.3 Å². The Hall–Kier alpha value is -0.850. The van der Waals surface area contributed by atoms with Gasteiger partial charge in [0, 0.05) is 12.4 Å². The van der Waals surface area contributed by atoms with Crippen molar-refractivity contribution in [3.05, 3.63) is 30.1 Å². The van der Waals surface area contributed by atoms with E-state index in [0.29, 0.717) is 0 Å². The van der Waals surface area contributed by atoms with Gasteiger partial charge in [0.2, 0.25) is 0 Å². The van der Waals surface area contributed by atoms with Gasteiger partial charge in [-0.3, -0.25) is 4.98 Å². The fourth-order valence-electron chi connectivity index (χ4n) is 1.07. The lowest BCUT2D eigenvalue weighted by Gasteiger charge is -2.06. The van der Waals surface area contributed by atoms with Gasteiger partial charge in [-0.15, -0.1) is 0 Å². The zero-order valence-corrected chi connectivity index (χ0v) is 7.25. The van der Waals surface area contributed by atoms with Crippen LogP contribution in [-0.2, 0) is 6.42 Å². The van der Waals surface area contributed by atoms with E-state index >= 15 is 0 Å². The molecule has 0 aliphatic heterocycles. The highest BCUT2D eigenvalue weighted by molar-refractivity contribution is 5.08. The maximum atomic E-state index is 4.07. The summed E-state index contributed by atoms with van der Waals surface area (Å²) in [6.07, 6.45) is 6.17. The number of hydrogen-bond acceptors (Lipinski definition) is 1. The van der Waals surface area contributed by atoms with Crippen LogP contribution >= 0.6 is 0 Å². The molecule has 1 nitrogen and oxygen atoms in total. The third-order valence-electron chi connectivity index (χ3n) is 2.00. The van der Waals surface area contributed by atoms with Gasteiger partial charge >= 0.3 is 0 Å². The number of nitrogens with zero attached hydrogens (tertiary/aromatic N) is 1. The number of rotatable bonds is 3. The number of aromatic nitrogens is 1. The van der Waals surface area contributed by atoms with Crippen molar-refractivity contribution in [3.63, 3.8) is 0 Å². The largest absolute Gasteiger partial charge is 0.264 e. The Morgan fingerprint density at radius 2 is 2.36 bits per heavy atom. The Labute approximate surface area is 68.5 Å². The van der Waals surface area contributed by atoms with Crippen LogP contribution in [0.2, 0.25) is 0 Å². The summed E-state index contributed by atoms with van der Waals surface area (Å²) in [5.41, 5.74) is 1.35. The SMILES string of the molecule is CCC(C)Cc1cccnc1. The van der Waals surface area contributed by atoms with Crippen molar-refractivity contribution in [2.45, 2.75) is 26.7 Å². The van der Waals surface area contributed by atoms with E-state index in [1.165, 1.54) is 12.0 Å². The van der Waals surface area contributed by atoms with Crippen molar-refractivity contribution in [2.75, 3.05) is 0 Å². The molecule has 0 aliphatic rings. The second-order valence-electron chi connectivity index (χ2n) is 3.08. The molecule has 0 bridgehead atoms. The van der Waals surface area contributed by atoms with Crippen molar-refractivity contribution in [2.24, 2.45) is 5.92 Å². The molecule has 0 radical (unpaired) electrons. The van der Waals surface area contributed by atoms with Gasteiger partial charge < -0.3 is 0 Å². The molecule has 0 fully saturated rings. The average Bonchev–Trinajstić information content (AvgIpc) is 2.06. The van der Waals surface area contributed by atoms with Crippen LogP contribution in [0, 0.1) is 5.92 Å². The summed E-state index contributed by atoms with van der Waals surface area (Å²) in [6.45, 7) is 4.49. The minimum Gasteiger partial charge on any atom is -0.264 e. The summed E-state index contributed by atoms with van der Waals surface area (Å²) < 4.78 is 0. The fourth-order valence-corrected chi connectivity index (χ4v) is 1.07. The highest BCUT2D eigenvalue weighted by Gasteiger charge is 1.99. The van der Waals surface area contributed by atoms with Crippen LogP contribution in [-0.4, -0.2) is 4.98 Å². The van der Waals surface area contributed by atoms with E-state index in [1.807, 2.05) is 18.5 Å². The maximum absolute atomic E-state index is 4.07. The van der Waals surface area contributed by atoms with Crippen LogP contribution in [0.4, 0.5) is 0 Å². The highest BCUT2D eigenvalue weighted by atomic mass is 14.6. The molecule has 0 aromatic carbocycles. The Morgan fingerprint density at radius 1 is 1.55 bits per heavy atom. The summed E-state index contributed by atoms with van der Waals surface area (Å²) in [7, 11) is 0. The molecule has 0 aliphatic carbocycles. The molecule has 0 N–H and O–H groups in total. The Balaban J connectivity index is 2.51. The molecule has 1 atom stereocenters. The van der Waals surface area contributed by atoms with Gasteiger partial charge in [0.1, 0.15) is 0 Å². The van der Waals surface area contributed by atoms with Crippen LogP contribution < -0.4 is 0 Å². The molecule has 0 spiro atoms. The first kappa shape index (κ1) is 8.25. The van der Waals surface area contributed by atoms with Crippen LogP contribution in [0.3, 0.4) is 0 Å². The summed E-state index contributed by atoms with van der Waals surface area (Å²) >= 11 is 0. The molecule has 0 saturated carbocycles. The molecule has 11 heavy (non-hydrogen) atoms. The molecular weight excluding hydrogens is 134 g/mol. The van der Waals surface area contributed by atoms with E-state index < -0.39 is 0 Å². The second kappa shape index (κ2) is 4.12. The molecule has 1 heterocycles. The van der Waals surface area contributed by atoms with Crippen molar-refractivity contribution in [1.82, 2.24) is 4.98 Å². The Bertz CT molecular complexity index is 193. The molecule has 1 heteroatoms. The lowest BCUT2D eigenvalue weighted by Crippen LogP contribution is -1.97. The third kappa shape index (κ3) is 2.71. The molecule has 0 amide bonds. The van der Waals surface area contributed by atoms with E-state index in [1.54, 1.807) is 0 Å². The van der Waals surface area contributed by atoms with Crippen molar-refractivity contribution < 1.29 is 0 Å². The predicted molar refractivity (Wildman–Crippen MR) is 47.4 cm³/mol. The van der Waals surface area contributed by atoms with Gasteiger partial charge in [0.15, 0.2) is 0 Å². The molecule has 1 aromatic rings. The van der Waals surface area contributed by atoms with E-state index in [4.69, 9.17) is 0 Å². The minimum atomic E-state index is 0.777. The molecule has 0 saturated heterocycles. The molecule has 1 aromatic heterocycles. The summed E-state index contributed by atoms with van der Waals surface area (Å²) in [5.74, 6) is 0.777. The van der Waals surface area contributed by atoms with E-state index in [9.17, 15) is 0 Å². The number of hydrogen-bond donors (Lipinski definition) is 0. The van der Waals surface area contributed by atoms with E-state index in [2.05, 4.69) is 24.9 Å². The van der Waals surface area contributed by atoms with Crippen LogP contribution in [0.5, 0.6) is 0 Å². The summed E-state index contributed by atoms with van der Waals surface area (Å²) in [4.78, 5) is 4.07. The first-order valence-electron chi connectivity index (χ1n) is 4.21. The average molecular weight is 149 g/mol. The lowest BCUT2D eigenvalue weighted by atomic mass is 10.0. The Kier molecular flexibility index (Phi) is 3.09. The first-order valence-corrected chi connectivity index (χ1v) is 4.21. The van der Waals surface area contributed by atoms with Crippen molar-refractivity contribution in [1.29, 1.82) is 0 Å². The highest BCUT2D eigenvalue weighted by Crippen LogP contribution is 2.09. The molecule has 60 valence electrons. The van der Waals surface area contributed by atoms with Crippen molar-refractivity contribution >= 4 is 0 Å². The van der Waals surface area contributed by atoms with Crippen LogP contribution in [0.1, 0.15) is 25.8 Å². The van der Waals surface area contributed by atoms with Crippen LogP contribution in [0.15, 0.2) is 24.5 Å². The normalized spacial score (nSPS) is 12.9. The third-order valence-corrected chi connectivity index (χ3v) is 2.00. The van der Waals surface area contributed by atoms with Gasteiger partial charge in [0.05, 0.1) is 0 Å². The fraction of sp³-hybridized carbons (Fsp3) is 0.500. The van der Waals surface area contributed by atoms with Crippen LogP contribution in [0.25, 0.3) is 0 Å². The van der Waals surface area contributed by atoms with Crippen molar-refractivity contribution in [3.8, 4) is 0 Å². The van der Waals surface area contributed by atoms with Gasteiger partial charge in [-0.05, 0) is 24.0 Å². The quantitative estimate of drug-likeness (QED) is 0.644. The first-order chi connectivity index (χ1) is 5.33. The van der Waals surface area contributed by atoms with Gasteiger partial charge in [-0.2, -0.15) is 0 Å². The van der Waals surface area contributed by atoms with E-state index in [-0.39, 0.29) is 0 Å². The zero-order valence-electron chi connectivity index (χ0n) is 7.25. The molecular formula is C10H15N. The van der Waals surface area contributed by atoms with Gasteiger partial charge in [-0.1, -0.05) is 26.3 Å². The summed E-state index contributed by atoms with van der Waals surface area (Å²) in [5, 5.41) is 0. The standard InChI is InChI=1S/C10H15N/c1-3-9(2)7-10-5-4-6-11-8-10/h4-6,8-9H,3,7H2,1-2H3. The monoisotopic (exact) mass is 149 g/mol. The second-order valence-corrected chi connectivity index (χ2v) is 3.08. The maximum Gasteiger partial charge on any atom is 0.0299 e. The topological polar surface area (TPSA) is 12.9 Å².